The summed E-state index contributed by atoms with van der Waals surface area (Å²) in [5.74, 6) is 0.498. The first-order valence-corrected chi connectivity index (χ1v) is 9.50. The van der Waals surface area contributed by atoms with Crippen molar-refractivity contribution in [2.24, 2.45) is 0 Å². The number of hydrogen-bond acceptors (Lipinski definition) is 5. The van der Waals surface area contributed by atoms with Gasteiger partial charge in [-0.05, 0) is 54.6 Å². The van der Waals surface area contributed by atoms with Crippen LogP contribution in [0.5, 0.6) is 17.4 Å². The number of sulfonamides is 1. The Hall–Kier alpha value is -2.84. The molecule has 140 valence electrons. The predicted molar refractivity (Wildman–Crippen MR) is 99.5 cm³/mol. The van der Waals surface area contributed by atoms with Crippen molar-refractivity contribution in [1.82, 2.24) is 4.98 Å². The standard InChI is InChI=1S/C18H14ClFN2O4S/c1-25-13-5-7-14(8-6-13)26-18-16(3-2-10-21-18)22-27(23,24)17-9-4-12(20)11-15(17)19/h2-11,22H,1H3. The van der Waals surface area contributed by atoms with Gasteiger partial charge < -0.3 is 9.47 Å². The third-order valence-corrected chi connectivity index (χ3v) is 5.32. The quantitative estimate of drug-likeness (QED) is 0.650. The number of nitrogens with zero attached hydrogens (tertiary/aromatic N) is 1. The summed E-state index contributed by atoms with van der Waals surface area (Å²) in [4.78, 5) is 3.80. The fourth-order valence-electron chi connectivity index (χ4n) is 2.20. The van der Waals surface area contributed by atoms with Crippen molar-refractivity contribution >= 4 is 27.3 Å². The minimum atomic E-state index is -4.07. The molecule has 0 aliphatic rings. The van der Waals surface area contributed by atoms with Crippen molar-refractivity contribution in [2.75, 3.05) is 11.8 Å². The van der Waals surface area contributed by atoms with Crippen LogP contribution in [0.3, 0.4) is 0 Å². The zero-order chi connectivity index (χ0) is 19.4. The minimum absolute atomic E-state index is 0.0458. The summed E-state index contributed by atoms with van der Waals surface area (Å²) >= 11 is 5.86. The summed E-state index contributed by atoms with van der Waals surface area (Å²) in [6.07, 6.45) is 1.46. The first kappa shape index (κ1) is 18.9. The van der Waals surface area contributed by atoms with Crippen LogP contribution in [-0.4, -0.2) is 20.5 Å². The van der Waals surface area contributed by atoms with Crippen LogP contribution in [0.4, 0.5) is 10.1 Å². The molecule has 0 saturated heterocycles. The zero-order valence-electron chi connectivity index (χ0n) is 14.0. The lowest BCUT2D eigenvalue weighted by atomic mass is 10.3. The van der Waals surface area contributed by atoms with Gasteiger partial charge in [0.15, 0.2) is 0 Å². The average Bonchev–Trinajstić information content (AvgIpc) is 2.63. The van der Waals surface area contributed by atoms with Gasteiger partial charge >= 0.3 is 0 Å². The molecule has 0 spiro atoms. The van der Waals surface area contributed by atoms with Crippen LogP contribution in [0.2, 0.25) is 5.02 Å². The van der Waals surface area contributed by atoms with E-state index in [0.717, 1.165) is 18.2 Å². The number of methoxy groups -OCH3 is 1. The third-order valence-electron chi connectivity index (χ3n) is 3.47. The Labute approximate surface area is 160 Å². The maximum absolute atomic E-state index is 13.2. The average molecular weight is 409 g/mol. The molecule has 0 aliphatic carbocycles. The van der Waals surface area contributed by atoms with Gasteiger partial charge in [0.1, 0.15) is 27.9 Å². The van der Waals surface area contributed by atoms with E-state index in [1.54, 1.807) is 37.4 Å². The summed E-state index contributed by atoms with van der Waals surface area (Å²) in [6, 6.07) is 12.8. The largest absolute Gasteiger partial charge is 0.497 e. The van der Waals surface area contributed by atoms with E-state index in [1.165, 1.54) is 12.3 Å². The number of ether oxygens (including phenoxy) is 2. The number of halogens is 2. The zero-order valence-corrected chi connectivity index (χ0v) is 15.6. The van der Waals surface area contributed by atoms with Gasteiger partial charge in [0, 0.05) is 6.20 Å². The number of anilines is 1. The van der Waals surface area contributed by atoms with E-state index in [2.05, 4.69) is 9.71 Å². The molecule has 0 unspecified atom stereocenters. The molecule has 1 N–H and O–H groups in total. The fourth-order valence-corrected chi connectivity index (χ4v) is 3.79. The smallest absolute Gasteiger partial charge is 0.263 e. The summed E-state index contributed by atoms with van der Waals surface area (Å²) in [6.45, 7) is 0. The second kappa shape index (κ2) is 7.81. The van der Waals surface area contributed by atoms with Gasteiger partial charge in [-0.25, -0.2) is 17.8 Å². The highest BCUT2D eigenvalue weighted by molar-refractivity contribution is 7.92. The number of nitrogens with one attached hydrogen (secondary N) is 1. The number of rotatable bonds is 6. The van der Waals surface area contributed by atoms with E-state index < -0.39 is 15.8 Å². The van der Waals surface area contributed by atoms with Gasteiger partial charge in [-0.3, -0.25) is 4.72 Å². The highest BCUT2D eigenvalue weighted by Crippen LogP contribution is 2.31. The van der Waals surface area contributed by atoms with Crippen molar-refractivity contribution in [3.63, 3.8) is 0 Å². The molecule has 0 atom stereocenters. The number of aromatic nitrogens is 1. The lowest BCUT2D eigenvalue weighted by Crippen LogP contribution is -2.14. The molecule has 0 bridgehead atoms. The Kier molecular flexibility index (Phi) is 5.48. The van der Waals surface area contributed by atoms with Gasteiger partial charge in [-0.2, -0.15) is 0 Å². The second-order valence-electron chi connectivity index (χ2n) is 5.31. The Morgan fingerprint density at radius 1 is 1.07 bits per heavy atom. The maximum Gasteiger partial charge on any atom is 0.263 e. The van der Waals surface area contributed by atoms with Crippen molar-refractivity contribution in [3.05, 3.63) is 71.6 Å². The Morgan fingerprint density at radius 3 is 2.44 bits per heavy atom. The molecule has 0 aliphatic heterocycles. The van der Waals surface area contributed by atoms with Crippen LogP contribution in [0.15, 0.2) is 65.7 Å². The molecule has 9 heteroatoms. The second-order valence-corrected chi connectivity index (χ2v) is 7.37. The van der Waals surface area contributed by atoms with E-state index in [1.807, 2.05) is 0 Å². The van der Waals surface area contributed by atoms with E-state index in [9.17, 15) is 12.8 Å². The van der Waals surface area contributed by atoms with Gasteiger partial charge in [-0.15, -0.1) is 0 Å². The lowest BCUT2D eigenvalue weighted by molar-refractivity contribution is 0.412. The van der Waals surface area contributed by atoms with E-state index >= 15 is 0 Å². The normalized spacial score (nSPS) is 11.1. The van der Waals surface area contributed by atoms with Crippen LogP contribution >= 0.6 is 11.6 Å². The van der Waals surface area contributed by atoms with Crippen molar-refractivity contribution in [3.8, 4) is 17.4 Å². The Morgan fingerprint density at radius 2 is 1.78 bits per heavy atom. The molecule has 1 heterocycles. The van der Waals surface area contributed by atoms with Crippen molar-refractivity contribution < 1.29 is 22.3 Å². The topological polar surface area (TPSA) is 77.5 Å². The van der Waals surface area contributed by atoms with Gasteiger partial charge in [-0.1, -0.05) is 11.6 Å². The number of hydrogen-bond donors (Lipinski definition) is 1. The highest BCUT2D eigenvalue weighted by Gasteiger charge is 2.21. The summed E-state index contributed by atoms with van der Waals surface area (Å²) in [5, 5.41) is -0.232. The van der Waals surface area contributed by atoms with E-state index in [4.69, 9.17) is 21.1 Å². The molecule has 0 amide bonds. The SMILES string of the molecule is COc1ccc(Oc2ncccc2NS(=O)(=O)c2ccc(F)cc2Cl)cc1. The predicted octanol–water partition coefficient (Wildman–Crippen LogP) is 4.48. The Bertz CT molecular complexity index is 1060. The van der Waals surface area contributed by atoms with Crippen molar-refractivity contribution in [1.29, 1.82) is 0 Å². The van der Waals surface area contributed by atoms with E-state index in [0.29, 0.717) is 11.5 Å². The van der Waals surface area contributed by atoms with E-state index in [-0.39, 0.29) is 21.5 Å². The maximum atomic E-state index is 13.2. The summed E-state index contributed by atoms with van der Waals surface area (Å²) in [7, 11) is -2.53. The van der Waals surface area contributed by atoms with Crippen LogP contribution in [-0.2, 0) is 10.0 Å². The molecule has 2 aromatic carbocycles. The highest BCUT2D eigenvalue weighted by atomic mass is 35.5. The molecular weight excluding hydrogens is 395 g/mol. The number of benzene rings is 2. The van der Waals surface area contributed by atoms with Gasteiger partial charge in [0.05, 0.1) is 12.1 Å². The third kappa shape index (κ3) is 4.47. The molecule has 27 heavy (non-hydrogen) atoms. The molecule has 0 fully saturated rings. The van der Waals surface area contributed by atoms with Crippen LogP contribution in [0.25, 0.3) is 0 Å². The summed E-state index contributed by atoms with van der Waals surface area (Å²) < 4.78 is 51.5. The van der Waals surface area contributed by atoms with Crippen LogP contribution in [0.1, 0.15) is 0 Å². The van der Waals surface area contributed by atoms with Crippen molar-refractivity contribution in [2.45, 2.75) is 4.90 Å². The molecule has 6 nitrogen and oxygen atoms in total. The summed E-state index contributed by atoms with van der Waals surface area (Å²) in [5.41, 5.74) is 0.105. The molecular formula is C18H14ClFN2O4S. The minimum Gasteiger partial charge on any atom is -0.497 e. The van der Waals surface area contributed by atoms with Crippen LogP contribution < -0.4 is 14.2 Å². The molecule has 0 saturated carbocycles. The lowest BCUT2D eigenvalue weighted by Gasteiger charge is -2.13. The molecule has 1 aromatic heterocycles. The van der Waals surface area contributed by atoms with Gasteiger partial charge in [0.25, 0.3) is 10.0 Å². The fraction of sp³-hybridized carbons (Fsp3) is 0.0556. The molecule has 3 rings (SSSR count). The molecule has 0 radical (unpaired) electrons. The number of pyridine rings is 1. The first-order chi connectivity index (χ1) is 12.9. The Balaban J connectivity index is 1.89. The first-order valence-electron chi connectivity index (χ1n) is 7.64. The monoisotopic (exact) mass is 408 g/mol. The molecule has 3 aromatic rings. The van der Waals surface area contributed by atoms with Crippen LogP contribution in [0, 0.1) is 5.82 Å². The van der Waals surface area contributed by atoms with Gasteiger partial charge in [0.2, 0.25) is 5.88 Å².